The lowest BCUT2D eigenvalue weighted by atomic mass is 10.2. The zero-order valence-electron chi connectivity index (χ0n) is 9.08. The molecule has 2 aromatic rings. The van der Waals surface area contributed by atoms with Gasteiger partial charge in [0.15, 0.2) is 0 Å². The average Bonchev–Trinajstić information content (AvgIpc) is 2.81. The molecule has 1 atom stereocenters. The fourth-order valence-corrected chi connectivity index (χ4v) is 3.94. The minimum absolute atomic E-state index is 0.00454. The first-order valence-corrected chi connectivity index (χ1v) is 6.97. The molecule has 0 radical (unpaired) electrons. The molecule has 0 amide bonds. The Hall–Kier alpha value is -0.390. The summed E-state index contributed by atoms with van der Waals surface area (Å²) >= 11 is 9.64. The Labute approximate surface area is 108 Å². The van der Waals surface area contributed by atoms with E-state index in [9.17, 15) is 0 Å². The molecule has 0 aliphatic rings. The average molecular weight is 273 g/mol. The van der Waals surface area contributed by atoms with Crippen LogP contribution in [0.3, 0.4) is 0 Å². The van der Waals surface area contributed by atoms with Gasteiger partial charge in [0, 0.05) is 14.6 Å². The molecule has 0 aromatic carbocycles. The van der Waals surface area contributed by atoms with Crippen LogP contribution in [0.5, 0.6) is 0 Å². The highest BCUT2D eigenvalue weighted by molar-refractivity contribution is 7.13. The summed E-state index contributed by atoms with van der Waals surface area (Å²) in [6.07, 6.45) is 0. The van der Waals surface area contributed by atoms with Gasteiger partial charge in [-0.1, -0.05) is 11.6 Å². The molecule has 2 heterocycles. The first-order valence-electron chi connectivity index (χ1n) is 4.89. The number of rotatable bonds is 3. The van der Waals surface area contributed by atoms with E-state index in [1.807, 2.05) is 6.92 Å². The van der Waals surface area contributed by atoms with E-state index < -0.39 is 0 Å². The molecule has 5 heteroatoms. The van der Waals surface area contributed by atoms with Crippen molar-refractivity contribution >= 4 is 34.3 Å². The normalized spacial score (nSPS) is 13.0. The van der Waals surface area contributed by atoms with Crippen molar-refractivity contribution in [2.24, 2.45) is 5.84 Å². The minimum atomic E-state index is 0.00454. The molecule has 2 nitrogen and oxygen atoms in total. The fourth-order valence-electron chi connectivity index (χ4n) is 1.54. The zero-order chi connectivity index (χ0) is 11.7. The summed E-state index contributed by atoms with van der Waals surface area (Å²) in [4.78, 5) is 3.56. The number of halogens is 1. The number of thiophene rings is 2. The molecule has 16 heavy (non-hydrogen) atoms. The van der Waals surface area contributed by atoms with Gasteiger partial charge in [-0.15, -0.1) is 22.7 Å². The number of aryl methyl sites for hydroxylation is 2. The maximum absolute atomic E-state index is 6.26. The first kappa shape index (κ1) is 12.1. The molecule has 0 spiro atoms. The maximum Gasteiger partial charge on any atom is 0.0909 e. The number of hydrogen-bond acceptors (Lipinski definition) is 4. The van der Waals surface area contributed by atoms with Gasteiger partial charge < -0.3 is 0 Å². The molecular weight excluding hydrogens is 260 g/mol. The highest BCUT2D eigenvalue weighted by Gasteiger charge is 2.19. The van der Waals surface area contributed by atoms with Crippen LogP contribution in [0.4, 0.5) is 0 Å². The summed E-state index contributed by atoms with van der Waals surface area (Å²) in [6.45, 7) is 4.10. The lowest BCUT2D eigenvalue weighted by Gasteiger charge is -2.13. The number of nitrogens with two attached hydrogens (primary N) is 1. The number of nitrogens with one attached hydrogen (secondary N) is 1. The molecule has 86 valence electrons. The van der Waals surface area contributed by atoms with Gasteiger partial charge in [0.2, 0.25) is 0 Å². The van der Waals surface area contributed by atoms with E-state index in [4.69, 9.17) is 17.4 Å². The van der Waals surface area contributed by atoms with Crippen molar-refractivity contribution in [3.05, 3.63) is 42.7 Å². The van der Waals surface area contributed by atoms with Crippen molar-refractivity contribution in [3.63, 3.8) is 0 Å². The smallest absolute Gasteiger partial charge is 0.0909 e. The van der Waals surface area contributed by atoms with Gasteiger partial charge >= 0.3 is 0 Å². The van der Waals surface area contributed by atoms with Gasteiger partial charge in [0.25, 0.3) is 0 Å². The summed E-state index contributed by atoms with van der Waals surface area (Å²) in [6, 6.07) is 4.19. The highest BCUT2D eigenvalue weighted by atomic mass is 35.5. The molecule has 2 rings (SSSR count). The lowest BCUT2D eigenvalue weighted by Crippen LogP contribution is -2.27. The summed E-state index contributed by atoms with van der Waals surface area (Å²) in [5.41, 5.74) is 3.95. The molecule has 0 saturated carbocycles. The van der Waals surface area contributed by atoms with Crippen molar-refractivity contribution in [2.75, 3.05) is 0 Å². The van der Waals surface area contributed by atoms with E-state index in [0.717, 1.165) is 15.5 Å². The molecule has 1 unspecified atom stereocenters. The van der Waals surface area contributed by atoms with Gasteiger partial charge in [0.1, 0.15) is 0 Å². The van der Waals surface area contributed by atoms with Crippen LogP contribution in [0.15, 0.2) is 17.5 Å². The fraction of sp³-hybridized carbons (Fsp3) is 0.273. The Kier molecular flexibility index (Phi) is 3.66. The van der Waals surface area contributed by atoms with Gasteiger partial charge in [-0.3, -0.25) is 5.84 Å². The Morgan fingerprint density at radius 3 is 2.56 bits per heavy atom. The largest absolute Gasteiger partial charge is 0.271 e. The third-order valence-electron chi connectivity index (χ3n) is 2.40. The summed E-state index contributed by atoms with van der Waals surface area (Å²) in [5, 5.41) is 2.88. The Balaban J connectivity index is 2.40. The molecule has 2 aromatic heterocycles. The van der Waals surface area contributed by atoms with Crippen LogP contribution in [0.2, 0.25) is 5.02 Å². The monoisotopic (exact) mass is 272 g/mol. The van der Waals surface area contributed by atoms with Crippen LogP contribution in [0.25, 0.3) is 0 Å². The van der Waals surface area contributed by atoms with Gasteiger partial charge in [0.05, 0.1) is 11.1 Å². The van der Waals surface area contributed by atoms with Crippen molar-refractivity contribution in [2.45, 2.75) is 19.9 Å². The molecule has 0 saturated heterocycles. The van der Waals surface area contributed by atoms with Crippen molar-refractivity contribution in [3.8, 4) is 0 Å². The second-order valence-electron chi connectivity index (χ2n) is 3.65. The number of hydrogen-bond donors (Lipinski definition) is 2. The van der Waals surface area contributed by atoms with Crippen LogP contribution in [0, 0.1) is 13.8 Å². The van der Waals surface area contributed by atoms with E-state index in [-0.39, 0.29) is 6.04 Å². The molecular formula is C11H13ClN2S2. The SMILES string of the molecule is Cc1ccc(C(NN)c2scc(C)c2Cl)s1. The van der Waals surface area contributed by atoms with Gasteiger partial charge in [-0.05, 0) is 36.9 Å². The molecule has 0 aliphatic heterocycles. The Bertz CT molecular complexity index is 490. The van der Waals surface area contributed by atoms with E-state index in [2.05, 4.69) is 29.9 Å². The summed E-state index contributed by atoms with van der Waals surface area (Å²) in [7, 11) is 0. The van der Waals surface area contributed by atoms with E-state index in [0.29, 0.717) is 0 Å². The summed E-state index contributed by atoms with van der Waals surface area (Å²) < 4.78 is 0. The second-order valence-corrected chi connectivity index (χ2v) is 6.25. The van der Waals surface area contributed by atoms with Crippen LogP contribution in [0.1, 0.15) is 26.2 Å². The molecule has 0 aliphatic carbocycles. The zero-order valence-corrected chi connectivity index (χ0v) is 11.5. The molecule has 0 fully saturated rings. The van der Waals surface area contributed by atoms with E-state index in [1.165, 1.54) is 9.75 Å². The topological polar surface area (TPSA) is 38.0 Å². The molecule has 3 N–H and O–H groups in total. The Morgan fingerprint density at radius 1 is 1.38 bits per heavy atom. The van der Waals surface area contributed by atoms with Crippen LogP contribution >= 0.6 is 34.3 Å². The summed E-state index contributed by atoms with van der Waals surface area (Å²) in [5.74, 6) is 5.63. The van der Waals surface area contributed by atoms with Crippen LogP contribution in [-0.4, -0.2) is 0 Å². The van der Waals surface area contributed by atoms with Gasteiger partial charge in [-0.25, -0.2) is 5.43 Å². The highest BCUT2D eigenvalue weighted by Crippen LogP contribution is 2.37. The van der Waals surface area contributed by atoms with Crippen molar-refractivity contribution in [1.82, 2.24) is 5.43 Å². The Morgan fingerprint density at radius 2 is 2.12 bits per heavy atom. The maximum atomic E-state index is 6.26. The second kappa shape index (κ2) is 4.85. The van der Waals surface area contributed by atoms with Gasteiger partial charge in [-0.2, -0.15) is 0 Å². The quantitative estimate of drug-likeness (QED) is 0.661. The van der Waals surface area contributed by atoms with Crippen LogP contribution < -0.4 is 11.3 Å². The van der Waals surface area contributed by atoms with Crippen molar-refractivity contribution in [1.29, 1.82) is 0 Å². The lowest BCUT2D eigenvalue weighted by molar-refractivity contribution is 0.656. The predicted octanol–water partition coefficient (Wildman–Crippen LogP) is 3.63. The standard InChI is InChI=1S/C11H13ClN2S2/c1-6-5-15-11(9(6)12)10(14-13)8-4-3-7(2)16-8/h3-5,10,14H,13H2,1-2H3. The van der Waals surface area contributed by atoms with E-state index >= 15 is 0 Å². The minimum Gasteiger partial charge on any atom is -0.271 e. The first-order chi connectivity index (χ1) is 7.63. The van der Waals surface area contributed by atoms with Crippen LogP contribution in [-0.2, 0) is 0 Å². The predicted molar refractivity (Wildman–Crippen MR) is 72.3 cm³/mol. The van der Waals surface area contributed by atoms with Crippen molar-refractivity contribution < 1.29 is 0 Å². The molecule has 0 bridgehead atoms. The van der Waals surface area contributed by atoms with E-state index in [1.54, 1.807) is 22.7 Å². The third-order valence-corrected chi connectivity index (χ3v) is 5.24. The number of hydrazine groups is 1. The third kappa shape index (κ3) is 2.17.